The van der Waals surface area contributed by atoms with Gasteiger partial charge >= 0.3 is 5.97 Å². The van der Waals surface area contributed by atoms with Crippen molar-refractivity contribution in [1.29, 1.82) is 0 Å². The number of rotatable bonds is 8. The molecule has 1 N–H and O–H groups in total. The number of anilines is 2. The van der Waals surface area contributed by atoms with Gasteiger partial charge in [-0.05, 0) is 42.8 Å². The number of hydrogen-bond donors (Lipinski definition) is 1. The molecule has 0 radical (unpaired) electrons. The Balaban J connectivity index is 2.01. The topological polar surface area (TPSA) is 110 Å². The highest BCUT2D eigenvalue weighted by Crippen LogP contribution is 2.21. The molecule has 2 aromatic carbocycles. The van der Waals surface area contributed by atoms with Gasteiger partial charge in [-0.3, -0.25) is 18.7 Å². The Hall–Kier alpha value is -3.20. The molecule has 2 aromatic rings. The number of nitrogens with one attached hydrogen (secondary N) is 1. The van der Waals surface area contributed by atoms with E-state index in [0.717, 1.165) is 10.6 Å². The predicted molar refractivity (Wildman–Crippen MR) is 109 cm³/mol. The molecule has 0 fully saturated rings. The van der Waals surface area contributed by atoms with E-state index in [1.54, 1.807) is 43.3 Å². The third-order valence-electron chi connectivity index (χ3n) is 3.95. The van der Waals surface area contributed by atoms with Crippen LogP contribution in [0, 0.1) is 6.92 Å². The summed E-state index contributed by atoms with van der Waals surface area (Å²) in [7, 11) is -3.73. The Labute approximate surface area is 169 Å². The maximum absolute atomic E-state index is 12.2. The lowest BCUT2D eigenvalue weighted by molar-refractivity contribution is -0.140. The predicted octanol–water partition coefficient (Wildman–Crippen LogP) is 2.15. The Morgan fingerprint density at radius 3 is 2.21 bits per heavy atom. The summed E-state index contributed by atoms with van der Waals surface area (Å²) in [6, 6.07) is 12.8. The number of hydrogen-bond acceptors (Lipinski definition) is 6. The lowest BCUT2D eigenvalue weighted by atomic mass is 10.1. The van der Waals surface area contributed by atoms with Gasteiger partial charge in [0.05, 0.1) is 11.9 Å². The zero-order chi connectivity index (χ0) is 21.6. The highest BCUT2D eigenvalue weighted by Gasteiger charge is 2.23. The summed E-state index contributed by atoms with van der Waals surface area (Å²) in [4.78, 5) is 35.4. The van der Waals surface area contributed by atoms with Crippen molar-refractivity contribution in [2.24, 2.45) is 0 Å². The molecular weight excluding hydrogens is 396 g/mol. The number of aryl methyl sites for hydroxylation is 1. The molecule has 154 valence electrons. The second kappa shape index (κ2) is 9.33. The summed E-state index contributed by atoms with van der Waals surface area (Å²) < 4.78 is 30.1. The van der Waals surface area contributed by atoms with Crippen LogP contribution in [0.2, 0.25) is 0 Å². The fourth-order valence-electron chi connectivity index (χ4n) is 2.56. The summed E-state index contributed by atoms with van der Waals surface area (Å²) in [6.07, 6.45) is 0.995. The van der Waals surface area contributed by atoms with Crippen LogP contribution in [0.25, 0.3) is 0 Å². The third kappa shape index (κ3) is 6.42. The normalized spacial score (nSPS) is 10.9. The van der Waals surface area contributed by atoms with E-state index < -0.39 is 34.9 Å². The van der Waals surface area contributed by atoms with Crippen LogP contribution < -0.4 is 9.62 Å². The lowest BCUT2D eigenvalue weighted by Gasteiger charge is -2.23. The van der Waals surface area contributed by atoms with E-state index in [4.69, 9.17) is 4.74 Å². The van der Waals surface area contributed by atoms with Crippen molar-refractivity contribution in [3.8, 4) is 0 Å². The molecule has 0 bridgehead atoms. The molecule has 8 nitrogen and oxygen atoms in total. The summed E-state index contributed by atoms with van der Waals surface area (Å²) in [5.74, 6) is -1.53. The second-order valence-electron chi connectivity index (χ2n) is 6.40. The van der Waals surface area contributed by atoms with Crippen molar-refractivity contribution in [2.45, 2.75) is 13.8 Å². The number of carbonyl (C=O) groups is 3. The first-order chi connectivity index (χ1) is 13.6. The van der Waals surface area contributed by atoms with Gasteiger partial charge in [0, 0.05) is 18.2 Å². The number of Topliss-reactive ketones (excluding diaryl/α,β-unsaturated/α-hetero) is 1. The number of benzene rings is 2. The van der Waals surface area contributed by atoms with E-state index in [2.05, 4.69) is 5.32 Å². The number of nitrogens with zero attached hydrogens (tertiary/aromatic N) is 1. The first-order valence-corrected chi connectivity index (χ1v) is 10.5. The van der Waals surface area contributed by atoms with Gasteiger partial charge in [0.25, 0.3) is 0 Å². The molecule has 0 aliphatic carbocycles. The van der Waals surface area contributed by atoms with Crippen LogP contribution in [-0.4, -0.2) is 45.5 Å². The Morgan fingerprint density at radius 1 is 1.03 bits per heavy atom. The van der Waals surface area contributed by atoms with Crippen molar-refractivity contribution in [3.05, 3.63) is 59.7 Å². The highest BCUT2D eigenvalue weighted by atomic mass is 32.2. The molecule has 9 heteroatoms. The molecule has 0 saturated heterocycles. The zero-order valence-corrected chi connectivity index (χ0v) is 17.2. The number of esters is 1. The number of para-hydroxylation sites is 1. The van der Waals surface area contributed by atoms with Crippen molar-refractivity contribution < 1.29 is 27.5 Å². The standard InChI is InChI=1S/C20H22N2O6S/c1-14-6-4-5-7-18(14)22(29(3,26)27)12-20(25)28-13-19(24)16-8-10-17(11-9-16)21-15(2)23/h4-11H,12-13H2,1-3H3,(H,21,23). The number of ether oxygens (including phenoxy) is 1. The summed E-state index contributed by atoms with van der Waals surface area (Å²) in [5, 5.41) is 2.58. The smallest absolute Gasteiger partial charge is 0.327 e. The molecule has 0 aromatic heterocycles. The van der Waals surface area contributed by atoms with E-state index in [0.29, 0.717) is 22.5 Å². The van der Waals surface area contributed by atoms with Gasteiger partial charge in [0.1, 0.15) is 6.54 Å². The Morgan fingerprint density at radius 2 is 1.66 bits per heavy atom. The summed E-state index contributed by atoms with van der Waals surface area (Å²) >= 11 is 0. The number of amides is 1. The Kier molecular flexibility index (Phi) is 7.11. The largest absolute Gasteiger partial charge is 0.456 e. The first kappa shape index (κ1) is 22.1. The summed E-state index contributed by atoms with van der Waals surface area (Å²) in [5.41, 5.74) is 1.88. The molecule has 0 aliphatic rings. The van der Waals surface area contributed by atoms with Crippen LogP contribution in [0.5, 0.6) is 0 Å². The van der Waals surface area contributed by atoms with E-state index in [9.17, 15) is 22.8 Å². The molecule has 0 saturated carbocycles. The van der Waals surface area contributed by atoms with Gasteiger partial charge in [0.15, 0.2) is 12.4 Å². The van der Waals surface area contributed by atoms with E-state index in [1.807, 2.05) is 0 Å². The first-order valence-electron chi connectivity index (χ1n) is 8.67. The van der Waals surface area contributed by atoms with Gasteiger partial charge in [0.2, 0.25) is 15.9 Å². The number of ketones is 1. The SMILES string of the molecule is CC(=O)Nc1ccc(C(=O)COC(=O)CN(c2ccccc2C)S(C)(=O)=O)cc1. The molecule has 0 unspecified atom stereocenters. The van der Waals surface area contributed by atoms with Crippen molar-refractivity contribution >= 4 is 39.1 Å². The molecule has 29 heavy (non-hydrogen) atoms. The molecule has 0 aliphatic heterocycles. The van der Waals surface area contributed by atoms with Crippen LogP contribution in [0.3, 0.4) is 0 Å². The number of sulfonamides is 1. The van der Waals surface area contributed by atoms with Crippen molar-refractivity contribution in [1.82, 2.24) is 0 Å². The molecule has 0 heterocycles. The quantitative estimate of drug-likeness (QED) is 0.520. The van der Waals surface area contributed by atoms with E-state index >= 15 is 0 Å². The van der Waals surface area contributed by atoms with Gasteiger partial charge in [-0.15, -0.1) is 0 Å². The van der Waals surface area contributed by atoms with Gasteiger partial charge in [-0.2, -0.15) is 0 Å². The molecule has 0 spiro atoms. The number of carbonyl (C=O) groups excluding carboxylic acids is 3. The minimum atomic E-state index is -3.73. The fraction of sp³-hybridized carbons (Fsp3) is 0.250. The van der Waals surface area contributed by atoms with Crippen LogP contribution in [0.15, 0.2) is 48.5 Å². The van der Waals surface area contributed by atoms with Crippen molar-refractivity contribution in [3.63, 3.8) is 0 Å². The molecule has 2 rings (SSSR count). The van der Waals surface area contributed by atoms with Crippen LogP contribution in [-0.2, 0) is 24.3 Å². The van der Waals surface area contributed by atoms with E-state index in [-0.39, 0.29) is 5.91 Å². The minimum Gasteiger partial charge on any atom is -0.456 e. The molecular formula is C20H22N2O6S. The minimum absolute atomic E-state index is 0.234. The lowest BCUT2D eigenvalue weighted by Crippen LogP contribution is -2.36. The van der Waals surface area contributed by atoms with Crippen LogP contribution in [0.1, 0.15) is 22.8 Å². The van der Waals surface area contributed by atoms with Gasteiger partial charge in [-0.25, -0.2) is 8.42 Å². The maximum Gasteiger partial charge on any atom is 0.327 e. The summed E-state index contributed by atoms with van der Waals surface area (Å²) in [6.45, 7) is 2.03. The van der Waals surface area contributed by atoms with Gasteiger partial charge in [-0.1, -0.05) is 18.2 Å². The fourth-order valence-corrected chi connectivity index (χ4v) is 3.46. The monoisotopic (exact) mass is 418 g/mol. The zero-order valence-electron chi connectivity index (χ0n) is 16.3. The maximum atomic E-state index is 12.2. The Bertz CT molecular complexity index is 1020. The molecule has 0 atom stereocenters. The average molecular weight is 418 g/mol. The highest BCUT2D eigenvalue weighted by molar-refractivity contribution is 7.92. The van der Waals surface area contributed by atoms with E-state index in [1.165, 1.54) is 19.1 Å². The average Bonchev–Trinajstić information content (AvgIpc) is 2.64. The van der Waals surface area contributed by atoms with Crippen LogP contribution in [0.4, 0.5) is 11.4 Å². The third-order valence-corrected chi connectivity index (χ3v) is 5.08. The molecule has 1 amide bonds. The van der Waals surface area contributed by atoms with Crippen LogP contribution >= 0.6 is 0 Å². The second-order valence-corrected chi connectivity index (χ2v) is 8.31. The van der Waals surface area contributed by atoms with Gasteiger partial charge < -0.3 is 10.1 Å². The van der Waals surface area contributed by atoms with Crippen molar-refractivity contribution in [2.75, 3.05) is 29.0 Å².